The number of pyridine rings is 1. The summed E-state index contributed by atoms with van der Waals surface area (Å²) >= 11 is 6.58. The van der Waals surface area contributed by atoms with Gasteiger partial charge in [0, 0.05) is 107 Å². The van der Waals surface area contributed by atoms with Gasteiger partial charge in [-0.05, 0) is 86.6 Å². The Hall–Kier alpha value is -5.81. The molecule has 2 aromatic carbocycles. The molecule has 0 saturated carbocycles. The Balaban J connectivity index is 0.773. The van der Waals surface area contributed by atoms with Crippen molar-refractivity contribution in [3.63, 3.8) is 0 Å². The molecule has 63 heavy (non-hydrogen) atoms. The number of anilines is 4. The summed E-state index contributed by atoms with van der Waals surface area (Å²) in [5.74, 6) is -0.301. The van der Waals surface area contributed by atoms with Crippen LogP contribution in [0, 0.1) is 5.41 Å². The predicted octanol–water partition coefficient (Wildman–Crippen LogP) is 4.57. The Morgan fingerprint density at radius 3 is 2.46 bits per heavy atom. The van der Waals surface area contributed by atoms with Crippen molar-refractivity contribution < 1.29 is 28.3 Å². The van der Waals surface area contributed by atoms with E-state index in [9.17, 15) is 24.0 Å². The molecular weight excluding hydrogens is 831 g/mol. The van der Waals surface area contributed by atoms with Crippen LogP contribution < -0.4 is 36.0 Å². The van der Waals surface area contributed by atoms with Crippen LogP contribution in [0.25, 0.3) is 10.9 Å². The number of likely N-dealkylation sites (tertiary alicyclic amines) is 1. The van der Waals surface area contributed by atoms with Gasteiger partial charge in [-0.2, -0.15) is 4.98 Å². The molecule has 3 N–H and O–H groups in total. The topological polar surface area (TPSA) is 174 Å². The molecule has 18 heteroatoms. The highest BCUT2D eigenvalue weighted by molar-refractivity contribution is 6.33. The molecule has 16 nitrogen and oxygen atoms in total. The van der Waals surface area contributed by atoms with Crippen LogP contribution in [0.2, 0.25) is 5.02 Å². The first-order valence-electron chi connectivity index (χ1n) is 21.7. The second kappa shape index (κ2) is 16.7. The molecule has 4 amide bonds. The van der Waals surface area contributed by atoms with E-state index in [1.807, 2.05) is 49.1 Å². The Morgan fingerprint density at radius 1 is 1.00 bits per heavy atom. The molecule has 1 unspecified atom stereocenters. The second-order valence-electron chi connectivity index (χ2n) is 18.0. The predicted molar refractivity (Wildman–Crippen MR) is 237 cm³/mol. The van der Waals surface area contributed by atoms with Crippen molar-refractivity contribution in [1.29, 1.82) is 0 Å². The summed E-state index contributed by atoms with van der Waals surface area (Å²) < 4.78 is 23.7. The smallest absolute Gasteiger partial charge is 0.293 e. The van der Waals surface area contributed by atoms with Gasteiger partial charge in [0.05, 0.1) is 11.7 Å². The zero-order chi connectivity index (χ0) is 44.2. The Morgan fingerprint density at radius 2 is 1.75 bits per heavy atom. The van der Waals surface area contributed by atoms with Crippen molar-refractivity contribution in [2.24, 2.45) is 5.41 Å². The number of alkyl halides is 1. The highest BCUT2D eigenvalue weighted by Gasteiger charge is 2.48. The second-order valence-corrected chi connectivity index (χ2v) is 18.4. The number of likely N-dealkylation sites (N-methyl/N-ethyl adjacent to an activating group) is 1. The Kier molecular flexibility index (Phi) is 11.3. The quantitative estimate of drug-likeness (QED) is 0.180. The molecule has 1 atom stereocenters. The van der Waals surface area contributed by atoms with Gasteiger partial charge in [-0.1, -0.05) is 11.6 Å². The molecule has 4 fully saturated rings. The molecule has 0 bridgehead atoms. The molecular formula is C45H52ClFN10O6. The number of hydrogen-bond acceptors (Lipinski definition) is 12. The van der Waals surface area contributed by atoms with Crippen LogP contribution in [0.3, 0.4) is 0 Å². The number of ether oxygens (including phenoxy) is 1. The molecule has 7 heterocycles. The first-order valence-corrected chi connectivity index (χ1v) is 22.1. The number of nitrogens with one attached hydrogen (secondary N) is 3. The molecule has 332 valence electrons. The lowest BCUT2D eigenvalue weighted by Crippen LogP contribution is -2.63. The highest BCUT2D eigenvalue weighted by atomic mass is 35.5. The van der Waals surface area contributed by atoms with Crippen LogP contribution in [0.1, 0.15) is 74.3 Å². The van der Waals surface area contributed by atoms with Crippen LogP contribution >= 0.6 is 11.6 Å². The molecule has 5 aliphatic rings. The zero-order valence-electron chi connectivity index (χ0n) is 35.7. The van der Waals surface area contributed by atoms with Gasteiger partial charge in [-0.15, -0.1) is 0 Å². The lowest BCUT2D eigenvalue weighted by molar-refractivity contribution is -0.137. The van der Waals surface area contributed by atoms with Crippen molar-refractivity contribution in [3.8, 4) is 5.75 Å². The van der Waals surface area contributed by atoms with Gasteiger partial charge >= 0.3 is 0 Å². The third-order valence-corrected chi connectivity index (χ3v) is 13.7. The lowest BCUT2D eigenvalue weighted by atomic mass is 9.71. The average Bonchev–Trinajstić information content (AvgIpc) is 3.58. The minimum atomic E-state index is -1.32. The van der Waals surface area contributed by atoms with Crippen LogP contribution in [0.4, 0.5) is 27.5 Å². The Labute approximate surface area is 369 Å². The van der Waals surface area contributed by atoms with Gasteiger partial charge in [0.15, 0.2) is 18.2 Å². The van der Waals surface area contributed by atoms with E-state index in [0.717, 1.165) is 55.7 Å². The molecule has 0 radical (unpaired) electrons. The van der Waals surface area contributed by atoms with E-state index in [4.69, 9.17) is 21.3 Å². The summed E-state index contributed by atoms with van der Waals surface area (Å²) in [5, 5.41) is 9.18. The summed E-state index contributed by atoms with van der Waals surface area (Å²) in [6.07, 6.45) is 4.83. The number of halogens is 2. The van der Waals surface area contributed by atoms with Gasteiger partial charge in [0.1, 0.15) is 16.7 Å². The summed E-state index contributed by atoms with van der Waals surface area (Å²) in [4.78, 5) is 79.8. The number of rotatable bonds is 11. The van der Waals surface area contributed by atoms with Gasteiger partial charge in [0.25, 0.3) is 17.4 Å². The maximum absolute atomic E-state index is 16.4. The van der Waals surface area contributed by atoms with E-state index in [1.165, 1.54) is 7.05 Å². The number of nitrogens with zero attached hydrogens (tertiary/aromatic N) is 7. The van der Waals surface area contributed by atoms with Crippen molar-refractivity contribution in [1.82, 2.24) is 35.0 Å². The lowest BCUT2D eigenvalue weighted by Gasteiger charge is -2.56. The summed E-state index contributed by atoms with van der Waals surface area (Å²) in [5.41, 5.74) is 2.48. The number of aromatic nitrogens is 3. The fraction of sp³-hybridized carbons (Fsp3) is 0.489. The number of piperidine rings is 3. The third-order valence-electron chi connectivity index (χ3n) is 13.4. The van der Waals surface area contributed by atoms with Crippen molar-refractivity contribution in [2.45, 2.75) is 76.7 Å². The van der Waals surface area contributed by atoms with Gasteiger partial charge < -0.3 is 34.6 Å². The zero-order valence-corrected chi connectivity index (χ0v) is 36.5. The van der Waals surface area contributed by atoms with E-state index < -0.39 is 17.6 Å². The molecule has 0 aliphatic carbocycles. The number of amides is 4. The van der Waals surface area contributed by atoms with E-state index in [-0.39, 0.29) is 53.5 Å². The summed E-state index contributed by atoms with van der Waals surface area (Å²) in [7, 11) is 1.50. The standard InChI is InChI=1S/C45H52ClFN10O6/c1-27(2)57-34-7-4-30(18-28(34)20-36(42(57)62)63-23-38(59)48-3)50-39-33(46)21-49-43(52-39)55-16-12-45(47,13-17-55)26-53-24-44(25-53)10-14-54(15-11-44)31-5-6-32-29(19-31)22-56(41(32)61)35-8-9-37(58)51-40(35)60/h4-7,18-21,27,35H,8-17,22-26H2,1-3H3,(H,48,59)(H,49,50,52)(H,51,58,60). The molecule has 1 spiro atoms. The number of imide groups is 1. The fourth-order valence-corrected chi connectivity index (χ4v) is 10.1. The monoisotopic (exact) mass is 882 g/mol. The number of fused-ring (bicyclic) bond motifs is 2. The van der Waals surface area contributed by atoms with Crippen molar-refractivity contribution in [2.75, 3.05) is 74.6 Å². The number of carbonyl (C=O) groups excluding carboxylic acids is 4. The number of benzene rings is 2. The summed E-state index contributed by atoms with van der Waals surface area (Å²) in [6.45, 7) is 8.71. The first-order chi connectivity index (χ1) is 30.2. The van der Waals surface area contributed by atoms with E-state index >= 15 is 4.39 Å². The molecule has 2 aromatic heterocycles. The van der Waals surface area contributed by atoms with Gasteiger partial charge in [-0.3, -0.25) is 34.2 Å². The SMILES string of the molecule is CNC(=O)COc1cc2cc(Nc3nc(N4CCC(F)(CN5CC6(CCN(c7ccc8c(c7)CN(C7CCC(=O)NC7=O)C8=O)CC6)C5)CC4)ncc3Cl)ccc2n(C(C)C)c1=O. The van der Waals surface area contributed by atoms with E-state index in [1.54, 1.807) is 21.7 Å². The van der Waals surface area contributed by atoms with Crippen molar-refractivity contribution in [3.05, 3.63) is 75.2 Å². The van der Waals surface area contributed by atoms with Gasteiger partial charge in [0.2, 0.25) is 17.8 Å². The molecule has 4 aromatic rings. The highest BCUT2D eigenvalue weighted by Crippen LogP contribution is 2.44. The number of carbonyl (C=O) groups is 4. The largest absolute Gasteiger partial charge is 0.478 e. The molecule has 5 aliphatic heterocycles. The minimum absolute atomic E-state index is 0.0692. The fourth-order valence-electron chi connectivity index (χ4n) is 9.96. The van der Waals surface area contributed by atoms with E-state index in [2.05, 4.69) is 36.8 Å². The Bertz CT molecular complexity index is 2550. The van der Waals surface area contributed by atoms with E-state index in [0.29, 0.717) is 79.0 Å². The van der Waals surface area contributed by atoms with Crippen LogP contribution in [-0.2, 0) is 20.9 Å². The minimum Gasteiger partial charge on any atom is -0.478 e. The normalized spacial score (nSPS) is 20.8. The third kappa shape index (κ3) is 8.40. The molecule has 9 rings (SSSR count). The maximum Gasteiger partial charge on any atom is 0.293 e. The van der Waals surface area contributed by atoms with Gasteiger partial charge in [-0.25, -0.2) is 9.37 Å². The van der Waals surface area contributed by atoms with Crippen molar-refractivity contribution >= 4 is 69.3 Å². The number of hydrogen-bond donors (Lipinski definition) is 3. The average molecular weight is 883 g/mol. The maximum atomic E-state index is 16.4. The first kappa shape index (κ1) is 42.5. The van der Waals surface area contributed by atoms with Crippen LogP contribution in [0.15, 0.2) is 53.5 Å². The van der Waals surface area contributed by atoms with Crippen LogP contribution in [-0.4, -0.2) is 119 Å². The summed E-state index contributed by atoms with van der Waals surface area (Å²) in [6, 6.07) is 12.3. The van der Waals surface area contributed by atoms with Crippen LogP contribution in [0.5, 0.6) is 5.75 Å². The molecule has 4 saturated heterocycles.